The van der Waals surface area contributed by atoms with Crippen molar-refractivity contribution in [2.24, 2.45) is 0 Å². The van der Waals surface area contributed by atoms with Gasteiger partial charge in [-0.1, -0.05) is 34.8 Å². The van der Waals surface area contributed by atoms with Gasteiger partial charge in [-0.05, 0) is 50.6 Å². The van der Waals surface area contributed by atoms with Gasteiger partial charge in [0.1, 0.15) is 11.6 Å². The molecule has 0 saturated heterocycles. The number of nitrogens with zero attached hydrogens (tertiary/aromatic N) is 3. The summed E-state index contributed by atoms with van der Waals surface area (Å²) < 4.78 is 11.9. The molecule has 1 atom stereocenters. The van der Waals surface area contributed by atoms with Crippen LogP contribution in [0.2, 0.25) is 15.1 Å². The number of rotatable bonds is 6. The van der Waals surface area contributed by atoms with Gasteiger partial charge in [0.15, 0.2) is 6.10 Å². The van der Waals surface area contributed by atoms with Crippen LogP contribution in [-0.2, 0) is 9.53 Å². The van der Waals surface area contributed by atoms with Crippen LogP contribution in [0, 0.1) is 13.8 Å². The molecule has 1 N–H and O–H groups in total. The van der Waals surface area contributed by atoms with Crippen molar-refractivity contribution < 1.29 is 19.1 Å². The summed E-state index contributed by atoms with van der Waals surface area (Å²) in [5.41, 5.74) is 1.60. The number of hydrogen-bond donors (Lipinski definition) is 1. The first-order valence-corrected chi connectivity index (χ1v) is 10.5. The Kier molecular flexibility index (Phi) is 7.28. The first kappa shape index (κ1) is 23.8. The summed E-state index contributed by atoms with van der Waals surface area (Å²) in [6.07, 6.45) is -1.13. The van der Waals surface area contributed by atoms with Crippen molar-refractivity contribution in [2.45, 2.75) is 26.9 Å². The first-order chi connectivity index (χ1) is 15.1. The molecule has 32 heavy (non-hydrogen) atoms. The topological polar surface area (TPSA) is 95.3 Å². The average Bonchev–Trinajstić information content (AvgIpc) is 3.13. The Bertz CT molecular complexity index is 1200. The lowest BCUT2D eigenvalue weighted by Crippen LogP contribution is -2.30. The molecule has 3 rings (SSSR count). The van der Waals surface area contributed by atoms with Gasteiger partial charge in [-0.15, -0.1) is 5.10 Å². The number of amides is 1. The predicted molar refractivity (Wildman–Crippen MR) is 122 cm³/mol. The zero-order chi connectivity index (χ0) is 23.6. The van der Waals surface area contributed by atoms with Gasteiger partial charge in [0.05, 0.1) is 23.5 Å². The number of halogens is 3. The smallest absolute Gasteiger partial charge is 0.379 e. The van der Waals surface area contributed by atoms with E-state index < -0.39 is 18.0 Å². The summed E-state index contributed by atoms with van der Waals surface area (Å²) in [6, 6.07) is 8.08. The van der Waals surface area contributed by atoms with Crippen molar-refractivity contribution in [1.29, 1.82) is 0 Å². The minimum Gasteiger partial charge on any atom is -0.495 e. The maximum atomic E-state index is 12.6. The van der Waals surface area contributed by atoms with Crippen LogP contribution in [0.3, 0.4) is 0 Å². The number of hydrogen-bond acceptors (Lipinski definition) is 6. The second kappa shape index (κ2) is 9.77. The van der Waals surface area contributed by atoms with Crippen LogP contribution in [0.5, 0.6) is 5.75 Å². The zero-order valence-electron chi connectivity index (χ0n) is 17.6. The molecule has 8 nitrogen and oxygen atoms in total. The van der Waals surface area contributed by atoms with Crippen molar-refractivity contribution in [2.75, 3.05) is 12.4 Å². The van der Waals surface area contributed by atoms with Crippen LogP contribution in [0.4, 0.5) is 5.69 Å². The first-order valence-electron chi connectivity index (χ1n) is 9.35. The largest absolute Gasteiger partial charge is 0.495 e. The fourth-order valence-corrected chi connectivity index (χ4v) is 3.30. The highest BCUT2D eigenvalue weighted by Gasteiger charge is 2.24. The van der Waals surface area contributed by atoms with E-state index in [0.29, 0.717) is 38.0 Å². The molecule has 1 unspecified atom stereocenters. The van der Waals surface area contributed by atoms with Gasteiger partial charge in [0.2, 0.25) is 0 Å². The number of aryl methyl sites for hydroxylation is 2. The maximum absolute atomic E-state index is 12.6. The van der Waals surface area contributed by atoms with Gasteiger partial charge >= 0.3 is 5.97 Å². The highest BCUT2D eigenvalue weighted by atomic mass is 35.5. The number of carbonyl (C=O) groups is 2. The molecular weight excluding hydrogens is 479 g/mol. The van der Waals surface area contributed by atoms with Gasteiger partial charge in [0, 0.05) is 16.1 Å². The summed E-state index contributed by atoms with van der Waals surface area (Å²) in [4.78, 5) is 29.2. The quantitative estimate of drug-likeness (QED) is 0.480. The number of esters is 1. The van der Waals surface area contributed by atoms with Crippen LogP contribution in [0.1, 0.15) is 28.9 Å². The average molecular weight is 498 g/mol. The molecule has 0 spiro atoms. The number of ether oxygens (including phenoxy) is 2. The van der Waals surface area contributed by atoms with Crippen LogP contribution in [0.15, 0.2) is 30.3 Å². The van der Waals surface area contributed by atoms with E-state index in [9.17, 15) is 9.59 Å². The Labute approximate surface area is 199 Å². The lowest BCUT2D eigenvalue weighted by atomic mass is 10.2. The molecule has 0 aliphatic rings. The third-order valence-corrected chi connectivity index (χ3v) is 5.44. The molecule has 0 aliphatic carbocycles. The van der Waals surface area contributed by atoms with Crippen molar-refractivity contribution in [1.82, 2.24) is 14.8 Å². The number of benzene rings is 2. The summed E-state index contributed by atoms with van der Waals surface area (Å²) in [5, 5.41) is 8.13. The summed E-state index contributed by atoms with van der Waals surface area (Å²) in [7, 11) is 1.45. The summed E-state index contributed by atoms with van der Waals surface area (Å²) in [5.74, 6) is -0.890. The maximum Gasteiger partial charge on any atom is 0.379 e. The summed E-state index contributed by atoms with van der Waals surface area (Å²) in [6.45, 7) is 4.86. The number of methoxy groups -OCH3 is 1. The SMILES string of the molecule is COc1cc(Cl)c(C)cc1NC(=O)C(C)OC(=O)c1nc(C)n(-c2cc(Cl)ccc2Cl)n1. The minimum absolute atomic E-state index is 0.224. The number of aromatic nitrogens is 3. The van der Waals surface area contributed by atoms with Crippen LogP contribution >= 0.6 is 34.8 Å². The number of carbonyl (C=O) groups excluding carboxylic acids is 2. The molecular formula is C21H19Cl3N4O4. The zero-order valence-corrected chi connectivity index (χ0v) is 19.8. The Morgan fingerprint density at radius 2 is 1.81 bits per heavy atom. The van der Waals surface area contributed by atoms with Crippen LogP contribution in [0.25, 0.3) is 5.69 Å². The third-order valence-electron chi connectivity index (χ3n) is 4.48. The molecule has 3 aromatic rings. The Morgan fingerprint density at radius 3 is 2.50 bits per heavy atom. The van der Waals surface area contributed by atoms with E-state index >= 15 is 0 Å². The van der Waals surface area contributed by atoms with E-state index in [1.165, 1.54) is 18.7 Å². The lowest BCUT2D eigenvalue weighted by molar-refractivity contribution is -0.123. The Hall–Kier alpha value is -2.81. The third kappa shape index (κ3) is 5.15. The molecule has 1 amide bonds. The number of anilines is 1. The lowest BCUT2D eigenvalue weighted by Gasteiger charge is -2.15. The molecule has 0 fully saturated rings. The van der Waals surface area contributed by atoms with Crippen molar-refractivity contribution in [3.8, 4) is 11.4 Å². The minimum atomic E-state index is -1.13. The molecule has 0 radical (unpaired) electrons. The molecule has 1 heterocycles. The van der Waals surface area contributed by atoms with E-state index in [1.54, 1.807) is 44.2 Å². The van der Waals surface area contributed by atoms with Crippen LogP contribution < -0.4 is 10.1 Å². The molecule has 0 bridgehead atoms. The highest BCUT2D eigenvalue weighted by molar-refractivity contribution is 6.34. The van der Waals surface area contributed by atoms with Gasteiger partial charge in [-0.25, -0.2) is 14.5 Å². The predicted octanol–water partition coefficient (Wildman–Crippen LogP) is 5.04. The normalized spacial score (nSPS) is 11.7. The molecule has 0 aliphatic heterocycles. The molecule has 2 aromatic carbocycles. The molecule has 168 valence electrons. The van der Waals surface area contributed by atoms with E-state index in [1.807, 2.05) is 0 Å². The summed E-state index contributed by atoms with van der Waals surface area (Å²) >= 11 is 18.3. The van der Waals surface area contributed by atoms with E-state index in [4.69, 9.17) is 44.3 Å². The van der Waals surface area contributed by atoms with Gasteiger partial charge in [-0.3, -0.25) is 4.79 Å². The van der Waals surface area contributed by atoms with Gasteiger partial charge < -0.3 is 14.8 Å². The monoisotopic (exact) mass is 496 g/mol. The number of nitrogens with one attached hydrogen (secondary N) is 1. The molecule has 11 heteroatoms. The van der Waals surface area contributed by atoms with Gasteiger partial charge in [-0.2, -0.15) is 0 Å². The van der Waals surface area contributed by atoms with E-state index in [0.717, 1.165) is 5.56 Å². The molecule has 1 aromatic heterocycles. The second-order valence-corrected chi connectivity index (χ2v) is 8.08. The van der Waals surface area contributed by atoms with E-state index in [2.05, 4.69) is 15.4 Å². The van der Waals surface area contributed by atoms with Crippen molar-refractivity contribution in [3.05, 3.63) is 62.6 Å². The fourth-order valence-electron chi connectivity index (χ4n) is 2.78. The van der Waals surface area contributed by atoms with Crippen LogP contribution in [-0.4, -0.2) is 39.9 Å². The Morgan fingerprint density at radius 1 is 1.09 bits per heavy atom. The Balaban J connectivity index is 1.74. The second-order valence-electron chi connectivity index (χ2n) is 6.83. The standard InChI is InChI=1S/C21H19Cl3N4O4/c1-10-7-16(18(31-4)9-15(10)24)26-20(29)11(2)32-21(30)19-25-12(3)28(27-19)17-8-13(22)5-6-14(17)23/h5-9,11H,1-4H3,(H,26,29). The van der Waals surface area contributed by atoms with E-state index in [-0.39, 0.29) is 5.82 Å². The van der Waals surface area contributed by atoms with Crippen molar-refractivity contribution in [3.63, 3.8) is 0 Å². The van der Waals surface area contributed by atoms with Crippen molar-refractivity contribution >= 4 is 52.4 Å². The fraction of sp³-hybridized carbons (Fsp3) is 0.238. The molecule has 0 saturated carbocycles. The highest BCUT2D eigenvalue weighted by Crippen LogP contribution is 2.31. The van der Waals surface area contributed by atoms with Gasteiger partial charge in [0.25, 0.3) is 11.7 Å².